The monoisotopic (exact) mass is 639 g/mol. The van der Waals surface area contributed by atoms with Crippen LogP contribution in [-0.2, 0) is 26.1 Å². The van der Waals surface area contributed by atoms with Crippen molar-refractivity contribution in [3.8, 4) is 16.3 Å². The SMILES string of the molecule is COCCNC(=O)c1cc(-c2nc3c(C)cc(OCCNS(=O)(=O)c4ccc(F)cc4)cc3s2)c2ncc(COC)nc2c1. The molecule has 0 radical (unpaired) electrons. The van der Waals surface area contributed by atoms with Gasteiger partial charge in [-0.05, 0) is 61.0 Å². The van der Waals surface area contributed by atoms with Crippen molar-refractivity contribution in [3.63, 3.8) is 0 Å². The second-order valence-electron chi connectivity index (χ2n) is 9.74. The summed E-state index contributed by atoms with van der Waals surface area (Å²) in [5.41, 5.74) is 4.46. The van der Waals surface area contributed by atoms with E-state index < -0.39 is 15.8 Å². The van der Waals surface area contributed by atoms with E-state index in [-0.39, 0.29) is 30.6 Å². The van der Waals surface area contributed by atoms with E-state index >= 15 is 0 Å². The van der Waals surface area contributed by atoms with Gasteiger partial charge in [-0.15, -0.1) is 11.3 Å². The van der Waals surface area contributed by atoms with Crippen LogP contribution in [0.25, 0.3) is 31.8 Å². The highest BCUT2D eigenvalue weighted by Gasteiger charge is 2.19. The summed E-state index contributed by atoms with van der Waals surface area (Å²) in [6, 6.07) is 11.7. The first-order valence-corrected chi connectivity index (χ1v) is 15.8. The van der Waals surface area contributed by atoms with E-state index in [1.807, 2.05) is 19.1 Å². The molecule has 0 saturated carbocycles. The van der Waals surface area contributed by atoms with E-state index in [0.29, 0.717) is 51.8 Å². The van der Waals surface area contributed by atoms with E-state index in [2.05, 4.69) is 20.0 Å². The van der Waals surface area contributed by atoms with Crippen LogP contribution >= 0.6 is 11.3 Å². The lowest BCUT2D eigenvalue weighted by Crippen LogP contribution is -2.28. The van der Waals surface area contributed by atoms with Crippen molar-refractivity contribution in [1.29, 1.82) is 0 Å². The summed E-state index contributed by atoms with van der Waals surface area (Å²) in [5.74, 6) is -0.240. The van der Waals surface area contributed by atoms with Crippen molar-refractivity contribution in [2.24, 2.45) is 0 Å². The molecular weight excluding hydrogens is 609 g/mol. The minimum Gasteiger partial charge on any atom is -0.492 e. The van der Waals surface area contributed by atoms with Gasteiger partial charge in [-0.3, -0.25) is 9.78 Å². The number of ether oxygens (including phenoxy) is 3. The fourth-order valence-electron chi connectivity index (χ4n) is 4.45. The molecule has 14 heteroatoms. The number of aryl methyl sites for hydroxylation is 1. The number of rotatable bonds is 13. The number of nitrogens with zero attached hydrogens (tertiary/aromatic N) is 3. The molecule has 2 aromatic heterocycles. The standard InChI is InChI=1S/C30H30FN5O6S2/c1-18-12-22(42-11-9-34-44(38,39)23-6-4-20(31)5-7-23)15-26-27(18)36-30(43-26)24-13-19(29(37)32-8-10-40-2)14-25-28(24)33-16-21(35-25)17-41-3/h4-7,12-16,34H,8-11,17H2,1-3H3,(H,32,37). The van der Waals surface area contributed by atoms with Gasteiger partial charge < -0.3 is 19.5 Å². The van der Waals surface area contributed by atoms with Crippen LogP contribution in [0.2, 0.25) is 0 Å². The third-order valence-electron chi connectivity index (χ3n) is 6.52. The molecule has 44 heavy (non-hydrogen) atoms. The third kappa shape index (κ3) is 7.17. The maximum atomic E-state index is 13.2. The van der Waals surface area contributed by atoms with Gasteiger partial charge in [-0.1, -0.05) is 0 Å². The normalized spacial score (nSPS) is 11.7. The zero-order chi connectivity index (χ0) is 31.3. The number of carbonyl (C=O) groups excluding carboxylic acids is 1. The van der Waals surface area contributed by atoms with Gasteiger partial charge in [0.05, 0.1) is 51.3 Å². The molecule has 2 N–H and O–H groups in total. The molecule has 11 nitrogen and oxygen atoms in total. The Morgan fingerprint density at radius 3 is 2.52 bits per heavy atom. The fourth-order valence-corrected chi connectivity index (χ4v) is 6.55. The van der Waals surface area contributed by atoms with E-state index in [1.54, 1.807) is 32.5 Å². The topological polar surface area (TPSA) is 142 Å². The average Bonchev–Trinajstić information content (AvgIpc) is 3.44. The first kappa shape index (κ1) is 31.3. The number of methoxy groups -OCH3 is 2. The first-order valence-electron chi connectivity index (χ1n) is 13.5. The quantitative estimate of drug-likeness (QED) is 0.181. The molecule has 0 aliphatic carbocycles. The van der Waals surface area contributed by atoms with Crippen LogP contribution in [0.4, 0.5) is 4.39 Å². The summed E-state index contributed by atoms with van der Waals surface area (Å²) >= 11 is 1.41. The van der Waals surface area contributed by atoms with E-state index in [4.69, 9.17) is 19.2 Å². The van der Waals surface area contributed by atoms with Crippen molar-refractivity contribution in [3.05, 3.63) is 77.4 Å². The minimum atomic E-state index is -3.80. The Bertz CT molecular complexity index is 1920. The van der Waals surface area contributed by atoms with Crippen LogP contribution in [0.15, 0.2) is 59.6 Å². The van der Waals surface area contributed by atoms with Crippen molar-refractivity contribution in [2.45, 2.75) is 18.4 Å². The lowest BCUT2D eigenvalue weighted by atomic mass is 10.1. The molecule has 0 unspecified atom stereocenters. The fraction of sp³-hybridized carbons (Fsp3) is 0.267. The number of hydrogen-bond donors (Lipinski definition) is 2. The lowest BCUT2D eigenvalue weighted by Gasteiger charge is -2.09. The molecule has 0 fully saturated rings. The Kier molecular flexibility index (Phi) is 9.76. The summed E-state index contributed by atoms with van der Waals surface area (Å²) < 4.78 is 57.5. The zero-order valence-electron chi connectivity index (χ0n) is 24.2. The molecule has 1 amide bonds. The number of nitrogens with one attached hydrogen (secondary N) is 2. The molecule has 0 bridgehead atoms. The highest BCUT2D eigenvalue weighted by atomic mass is 32.2. The van der Waals surface area contributed by atoms with Crippen molar-refractivity contribution < 1.29 is 31.8 Å². The molecular formula is C30H30FN5O6S2. The first-order chi connectivity index (χ1) is 21.2. The lowest BCUT2D eigenvalue weighted by molar-refractivity contribution is 0.0937. The predicted octanol–water partition coefficient (Wildman–Crippen LogP) is 4.23. The molecule has 5 rings (SSSR count). The zero-order valence-corrected chi connectivity index (χ0v) is 25.9. The molecule has 0 aliphatic heterocycles. The number of thiazole rings is 1. The molecule has 2 heterocycles. The second kappa shape index (κ2) is 13.7. The minimum absolute atomic E-state index is 0.0136. The van der Waals surface area contributed by atoms with Crippen molar-refractivity contribution in [1.82, 2.24) is 25.0 Å². The summed E-state index contributed by atoms with van der Waals surface area (Å²) in [6.45, 7) is 3.01. The maximum absolute atomic E-state index is 13.2. The number of hydrogen-bond acceptors (Lipinski definition) is 10. The van der Waals surface area contributed by atoms with Gasteiger partial charge in [0, 0.05) is 38.4 Å². The van der Waals surface area contributed by atoms with E-state index in [0.717, 1.165) is 27.9 Å². The van der Waals surface area contributed by atoms with Crippen LogP contribution in [0.5, 0.6) is 5.75 Å². The van der Waals surface area contributed by atoms with Gasteiger partial charge in [0.1, 0.15) is 23.2 Å². The summed E-state index contributed by atoms with van der Waals surface area (Å²) in [6.07, 6.45) is 1.64. The molecule has 5 aromatic rings. The van der Waals surface area contributed by atoms with E-state index in [9.17, 15) is 17.6 Å². The second-order valence-corrected chi connectivity index (χ2v) is 12.5. The molecule has 0 saturated heterocycles. The Labute approximate surface area is 257 Å². The van der Waals surface area contributed by atoms with Gasteiger partial charge in [0.25, 0.3) is 5.91 Å². The van der Waals surface area contributed by atoms with Crippen LogP contribution in [0.1, 0.15) is 21.6 Å². The van der Waals surface area contributed by atoms with Crippen molar-refractivity contribution in [2.75, 3.05) is 40.5 Å². The number of sulfonamides is 1. The molecule has 0 atom stereocenters. The number of aromatic nitrogens is 3. The molecule has 230 valence electrons. The Balaban J connectivity index is 1.40. The highest BCUT2D eigenvalue weighted by Crippen LogP contribution is 2.37. The predicted molar refractivity (Wildman–Crippen MR) is 165 cm³/mol. The van der Waals surface area contributed by atoms with Gasteiger partial charge in [-0.2, -0.15) is 0 Å². The van der Waals surface area contributed by atoms with Gasteiger partial charge in [0.2, 0.25) is 10.0 Å². The summed E-state index contributed by atoms with van der Waals surface area (Å²) in [5, 5.41) is 3.49. The number of amides is 1. The van der Waals surface area contributed by atoms with Crippen LogP contribution in [0, 0.1) is 12.7 Å². The molecule has 0 aliphatic rings. The number of fused-ring (bicyclic) bond motifs is 2. The number of halogens is 1. The number of benzene rings is 3. The van der Waals surface area contributed by atoms with Crippen LogP contribution in [0.3, 0.4) is 0 Å². The summed E-state index contributed by atoms with van der Waals surface area (Å²) in [7, 11) is -0.660. The maximum Gasteiger partial charge on any atom is 0.251 e. The number of carbonyl (C=O) groups is 1. The Hall–Kier alpha value is -4.08. The Morgan fingerprint density at radius 2 is 1.77 bits per heavy atom. The van der Waals surface area contributed by atoms with Crippen LogP contribution < -0.4 is 14.8 Å². The van der Waals surface area contributed by atoms with Gasteiger partial charge in [-0.25, -0.2) is 27.5 Å². The van der Waals surface area contributed by atoms with Crippen molar-refractivity contribution >= 4 is 48.5 Å². The van der Waals surface area contributed by atoms with Crippen LogP contribution in [-0.4, -0.2) is 69.8 Å². The van der Waals surface area contributed by atoms with Gasteiger partial charge in [0.15, 0.2) is 0 Å². The largest absolute Gasteiger partial charge is 0.492 e. The Morgan fingerprint density at radius 1 is 0.977 bits per heavy atom. The average molecular weight is 640 g/mol. The summed E-state index contributed by atoms with van der Waals surface area (Å²) in [4.78, 5) is 27.1. The highest BCUT2D eigenvalue weighted by molar-refractivity contribution is 7.89. The third-order valence-corrected chi connectivity index (χ3v) is 9.03. The molecule has 3 aromatic carbocycles. The smallest absolute Gasteiger partial charge is 0.251 e. The molecule has 0 spiro atoms. The van der Waals surface area contributed by atoms with E-state index in [1.165, 1.54) is 23.5 Å². The van der Waals surface area contributed by atoms with Gasteiger partial charge >= 0.3 is 0 Å².